The van der Waals surface area contributed by atoms with Gasteiger partial charge in [0.1, 0.15) is 13.2 Å². The average molecular weight is 1850 g/mol. The topological polar surface area (TPSA) is 252 Å². The van der Waals surface area contributed by atoms with Crippen LogP contribution in [0.2, 0.25) is 30.1 Å². The molecule has 32 heteroatoms. The third kappa shape index (κ3) is 28.8. The Labute approximate surface area is 637 Å². The number of hydrogen-bond acceptors (Lipinski definition) is 19. The van der Waals surface area contributed by atoms with Gasteiger partial charge in [-0.2, -0.15) is 0 Å². The summed E-state index contributed by atoms with van der Waals surface area (Å²) in [4.78, 5) is 88.9. The number of aryl methyl sites for hydroxylation is 2. The summed E-state index contributed by atoms with van der Waals surface area (Å²) in [6.45, 7) is 16.0. The van der Waals surface area contributed by atoms with Crippen molar-refractivity contribution in [1.29, 1.82) is 0 Å². The van der Waals surface area contributed by atoms with E-state index in [0.29, 0.717) is 69.3 Å². The molecule has 1 heterocycles. The molecule has 0 aromatic heterocycles. The molecule has 6 aromatic carbocycles. The van der Waals surface area contributed by atoms with Crippen LogP contribution in [0.5, 0.6) is 0 Å². The zero-order valence-corrected chi connectivity index (χ0v) is 66.9. The maximum absolute atomic E-state index is 11.9. The molecule has 1 saturated heterocycles. The van der Waals surface area contributed by atoms with Crippen LogP contribution in [0.1, 0.15) is 137 Å². The first-order valence-corrected chi connectivity index (χ1v) is 33.9. The van der Waals surface area contributed by atoms with Gasteiger partial charge in [-0.3, -0.25) is 9.59 Å². The van der Waals surface area contributed by atoms with E-state index in [1.807, 2.05) is 71.1 Å². The number of nitrogens with zero attached hydrogens (tertiary/aromatic N) is 1. The van der Waals surface area contributed by atoms with E-state index >= 15 is 0 Å². The second-order valence-corrected chi connectivity index (χ2v) is 26.7. The average Bonchev–Trinajstić information content (AvgIpc) is 1.62. The Morgan fingerprint density at radius 2 is 0.811 bits per heavy atom. The fourth-order valence-corrected chi connectivity index (χ4v) is 12.4. The van der Waals surface area contributed by atoms with Gasteiger partial charge in [-0.25, -0.2) is 28.8 Å². The van der Waals surface area contributed by atoms with Crippen LogP contribution in [0, 0.1) is 31.5 Å². The van der Waals surface area contributed by atoms with Crippen LogP contribution in [0.3, 0.4) is 0 Å². The molecule has 1 radical (unpaired) electrons. The molecule has 1 aliphatic rings. The molecule has 0 bridgehead atoms. The number of aromatic carboxylic acids is 1. The predicted molar refractivity (Wildman–Crippen MR) is 401 cm³/mol. The molecule has 95 heavy (non-hydrogen) atoms. The van der Waals surface area contributed by atoms with E-state index in [2.05, 4.69) is 105 Å². The molecule has 0 amide bonds. The number of carbonyl (C=O) groups is 8. The summed E-state index contributed by atoms with van der Waals surface area (Å²) >= 11 is 48.6. The predicted octanol–water partition coefficient (Wildman–Crippen LogP) is 16.9. The van der Waals surface area contributed by atoms with Gasteiger partial charge in [-0.1, -0.05) is 97.7 Å². The number of hydrogen-bond donors (Lipinski definition) is 2. The molecule has 6 aromatic rings. The third-order valence-corrected chi connectivity index (χ3v) is 18.8. The summed E-state index contributed by atoms with van der Waals surface area (Å²) in [6, 6.07) is 22.7. The fraction of sp³-hybridized carbons (Fsp3) is 0.302. The van der Waals surface area contributed by atoms with Crippen molar-refractivity contribution in [2.75, 3.05) is 35.5 Å². The minimum atomic E-state index is -0.952. The van der Waals surface area contributed by atoms with Gasteiger partial charge in [0.15, 0.2) is 0 Å². The molecule has 1 aliphatic heterocycles. The van der Waals surface area contributed by atoms with Gasteiger partial charge in [0.2, 0.25) is 0 Å². The van der Waals surface area contributed by atoms with Gasteiger partial charge in [-0.05, 0) is 217 Å². The molecule has 0 atom stereocenters. The molecule has 1 N–H and O–H groups in total. The van der Waals surface area contributed by atoms with Crippen molar-refractivity contribution in [2.45, 2.75) is 92.1 Å². The number of halogens is 10. The monoisotopic (exact) mass is 1850 g/mol. The van der Waals surface area contributed by atoms with Gasteiger partial charge in [-0.15, -0.1) is 0 Å². The maximum atomic E-state index is 11.9. The van der Waals surface area contributed by atoms with Crippen molar-refractivity contribution < 1.29 is 85.9 Å². The molecule has 0 spiro atoms. The van der Waals surface area contributed by atoms with E-state index < -0.39 is 42.2 Å². The molecule has 511 valence electrons. The van der Waals surface area contributed by atoms with Gasteiger partial charge in [0, 0.05) is 71.2 Å². The Kier molecular flexibility index (Phi) is 40.4. The third-order valence-electron chi connectivity index (χ3n) is 13.0. The zero-order valence-electron chi connectivity index (χ0n) is 53.4. The van der Waals surface area contributed by atoms with Crippen LogP contribution in [0.25, 0.3) is 0 Å². The quantitative estimate of drug-likeness (QED) is 0.0288. The van der Waals surface area contributed by atoms with Crippen LogP contribution in [-0.4, -0.2) is 114 Å². The Hall–Kier alpha value is -4.31. The molecular weight excluding hydrogens is 1790 g/mol. The summed E-state index contributed by atoms with van der Waals surface area (Å²) in [5.41, 5.74) is 6.72. The number of esters is 7. The first-order chi connectivity index (χ1) is 44.3. The van der Waals surface area contributed by atoms with Crippen molar-refractivity contribution in [2.24, 2.45) is 4.30 Å². The number of carboxylic acids is 1. The molecule has 0 saturated carbocycles. The van der Waals surface area contributed by atoms with Crippen molar-refractivity contribution >= 4 is 234 Å². The molecule has 0 unspecified atom stereocenters. The molecule has 19 nitrogen and oxygen atoms in total. The Morgan fingerprint density at radius 3 is 1.15 bits per heavy atom. The number of benzene rings is 6. The fourth-order valence-electron chi connectivity index (χ4n) is 6.96. The summed E-state index contributed by atoms with van der Waals surface area (Å²) in [5, 5.41) is 12.1. The first-order valence-electron chi connectivity index (χ1n) is 26.9. The Bertz CT molecular complexity index is 3680. The number of rotatable bonds is 12. The van der Waals surface area contributed by atoms with Crippen molar-refractivity contribution in [3.8, 4) is 0 Å². The number of carbonyl (C=O) groups excluding carboxylic acids is 7. The zero-order chi connectivity index (χ0) is 73.0. The minimum absolute atomic E-state index is 0.0466. The molecule has 1 fully saturated rings. The standard InChI is InChI=1S/C17H22BClO6.C11H10ClIO4.C9H7BrClIO2.C9H8ClIO2.C9H9ClO2.C8H7ClO2.BHNS/c1-10(20)23-9-12-13(7-11(8-14(12)19)15(21)22-6)18-24-16(2,3)17(4,5)25-18;1-6(14)17-5-8-9(12)3-7(4-10(8)13)11(15)16-2;1-14-9(13)5-2-7(11)6(4-10)8(12)3-5;1-5-7(10)3-6(4-8(5)11)9(12)13-2;1-6-3-4-7(5-8(6)10)9(11)12-2;1-5-2-3-6(8(10)11)4-7(5)9;1-2-3/h7-8H,9H2,1-6H3;3-4H,5H2,1-2H3;2-3H,4H2,1H3;3-4H,1-2H3;3-5H,1-2H3;2-4H,1H3,(H,10,11);3H. The summed E-state index contributed by atoms with van der Waals surface area (Å²) < 4.78 is 50.5. The second kappa shape index (κ2) is 43.3. The van der Waals surface area contributed by atoms with Crippen molar-refractivity contribution in [1.82, 2.24) is 0 Å². The summed E-state index contributed by atoms with van der Waals surface area (Å²) in [7, 11) is 10.2. The van der Waals surface area contributed by atoms with Crippen LogP contribution >= 0.6 is 166 Å². The van der Waals surface area contributed by atoms with Gasteiger partial charge < -0.3 is 47.6 Å². The summed E-state index contributed by atoms with van der Waals surface area (Å²) in [6.07, 6.45) is 0. The van der Waals surface area contributed by atoms with E-state index in [1.165, 1.54) is 73.7 Å². The second-order valence-electron chi connectivity index (χ2n) is 20.0. The number of ether oxygens (including phenoxy) is 7. The van der Waals surface area contributed by atoms with E-state index in [9.17, 15) is 38.4 Å². The number of carboxylic acid groups (broad SMARTS) is 1. The molecular formula is C63H64B2BrCl6I3NO18S. The van der Waals surface area contributed by atoms with Crippen LogP contribution in [0.4, 0.5) is 0 Å². The van der Waals surface area contributed by atoms with E-state index in [0.717, 1.165) is 33.0 Å². The van der Waals surface area contributed by atoms with Crippen LogP contribution in [-0.2, 0) is 70.6 Å². The SMILES string of the molecule is COC(=O)c1cc(Cl)c(C)c(I)c1.COC(=O)c1cc(Cl)c(CBr)c(I)c1.COC(=O)c1cc(Cl)c(COC(C)=O)c(B2OC(C)(C)C(C)(C)O2)c1.COC(=O)c1cc(Cl)c(COC(C)=O)c(I)c1.COC(=O)c1ccc(C)c(Cl)c1.Cc1ccc(C(=O)O)cc1Cl.[B]=NS. The number of thiol groups is 1. The van der Waals surface area contributed by atoms with Crippen LogP contribution in [0.15, 0.2) is 89.2 Å². The number of methoxy groups -OCH3 is 5. The van der Waals surface area contributed by atoms with E-state index in [4.69, 9.17) is 98.2 Å². The van der Waals surface area contributed by atoms with Crippen molar-refractivity contribution in [3.63, 3.8) is 0 Å². The molecule has 7 rings (SSSR count). The normalized spacial score (nSPS) is 11.8. The van der Waals surface area contributed by atoms with Crippen LogP contribution < -0.4 is 5.46 Å². The van der Waals surface area contributed by atoms with Gasteiger partial charge in [0.25, 0.3) is 0 Å². The Morgan fingerprint density at radius 1 is 0.505 bits per heavy atom. The molecule has 0 aliphatic carbocycles. The van der Waals surface area contributed by atoms with Gasteiger partial charge >= 0.3 is 79.6 Å². The summed E-state index contributed by atoms with van der Waals surface area (Å²) in [5.74, 6) is -3.85. The Balaban J connectivity index is 0.000000579. The van der Waals surface area contributed by atoms with Gasteiger partial charge in [0.05, 0.1) is 80.1 Å². The van der Waals surface area contributed by atoms with E-state index in [1.54, 1.807) is 60.7 Å². The number of alkyl halides is 1. The van der Waals surface area contributed by atoms with E-state index in [-0.39, 0.29) is 53.2 Å². The van der Waals surface area contributed by atoms with Crippen molar-refractivity contribution in [3.05, 3.63) is 193 Å². The first kappa shape index (κ1) is 88.7.